The van der Waals surface area contributed by atoms with E-state index in [0.717, 1.165) is 11.6 Å². The van der Waals surface area contributed by atoms with E-state index in [2.05, 4.69) is 36.3 Å². The third kappa shape index (κ3) is 4.48. The molecule has 0 spiro atoms. The lowest BCUT2D eigenvalue weighted by atomic mass is 9.98. The smallest absolute Gasteiger partial charge is 0.0451 e. The van der Waals surface area contributed by atoms with E-state index in [-0.39, 0.29) is 0 Å². The Hall–Kier alpha value is -0.570. The summed E-state index contributed by atoms with van der Waals surface area (Å²) in [7, 11) is 2.19. The first-order chi connectivity index (χ1) is 9.16. The molecular formula is C16H25ClN2. The van der Waals surface area contributed by atoms with E-state index in [1.807, 2.05) is 12.1 Å². The second-order valence-electron chi connectivity index (χ2n) is 5.74. The van der Waals surface area contributed by atoms with Crippen LogP contribution in [0, 0.1) is 0 Å². The molecule has 1 N–H and O–H groups in total. The molecule has 1 aromatic rings. The predicted molar refractivity (Wildman–Crippen MR) is 82.6 cm³/mol. The lowest BCUT2D eigenvalue weighted by molar-refractivity contribution is 0.209. The lowest BCUT2D eigenvalue weighted by Crippen LogP contribution is -2.40. The zero-order chi connectivity index (χ0) is 13.7. The molecule has 0 bridgehead atoms. The van der Waals surface area contributed by atoms with E-state index in [9.17, 15) is 0 Å². The number of nitrogens with zero attached hydrogens (tertiary/aromatic N) is 1. The Morgan fingerprint density at radius 3 is 2.84 bits per heavy atom. The van der Waals surface area contributed by atoms with Crippen LogP contribution in [0.2, 0.25) is 5.02 Å². The van der Waals surface area contributed by atoms with Crippen LogP contribution < -0.4 is 5.32 Å². The summed E-state index contributed by atoms with van der Waals surface area (Å²) in [5.74, 6) is 0. The van der Waals surface area contributed by atoms with E-state index >= 15 is 0 Å². The van der Waals surface area contributed by atoms with Gasteiger partial charge in [-0.25, -0.2) is 0 Å². The summed E-state index contributed by atoms with van der Waals surface area (Å²) < 4.78 is 0. The molecule has 19 heavy (non-hydrogen) atoms. The van der Waals surface area contributed by atoms with Gasteiger partial charge in [-0.05, 0) is 51.4 Å². The molecule has 2 atom stereocenters. The van der Waals surface area contributed by atoms with Gasteiger partial charge in [0.2, 0.25) is 0 Å². The number of benzene rings is 1. The van der Waals surface area contributed by atoms with Crippen molar-refractivity contribution in [1.82, 2.24) is 10.2 Å². The number of piperidine rings is 1. The van der Waals surface area contributed by atoms with Crippen molar-refractivity contribution in [2.24, 2.45) is 0 Å². The van der Waals surface area contributed by atoms with Crippen molar-refractivity contribution in [3.63, 3.8) is 0 Å². The van der Waals surface area contributed by atoms with E-state index in [1.54, 1.807) is 0 Å². The largest absolute Gasteiger partial charge is 0.314 e. The fraction of sp³-hybridized carbons (Fsp3) is 0.625. The average Bonchev–Trinajstić information content (AvgIpc) is 2.42. The van der Waals surface area contributed by atoms with Crippen LogP contribution in [0.1, 0.15) is 38.2 Å². The summed E-state index contributed by atoms with van der Waals surface area (Å²) in [6.45, 7) is 4.42. The topological polar surface area (TPSA) is 15.3 Å². The molecule has 3 heteroatoms. The van der Waals surface area contributed by atoms with Crippen molar-refractivity contribution >= 4 is 11.6 Å². The standard InChI is InChI=1S/C16H25ClN2/c1-13(11-15-8-5-6-10-18-15)19(2)12-14-7-3-4-9-16(14)17/h3-4,7,9,13,15,18H,5-6,8,10-12H2,1-2H3. The fourth-order valence-corrected chi connectivity index (χ4v) is 2.96. The number of nitrogens with one attached hydrogen (secondary N) is 1. The van der Waals surface area contributed by atoms with Gasteiger partial charge in [0.1, 0.15) is 0 Å². The maximum absolute atomic E-state index is 6.23. The first kappa shape index (κ1) is 14.8. The third-order valence-corrected chi connectivity index (χ3v) is 4.54. The van der Waals surface area contributed by atoms with Crippen LogP contribution in [0.4, 0.5) is 0 Å². The summed E-state index contributed by atoms with van der Waals surface area (Å²) in [6.07, 6.45) is 5.25. The Morgan fingerprint density at radius 2 is 2.16 bits per heavy atom. The molecule has 1 aromatic carbocycles. The third-order valence-electron chi connectivity index (χ3n) is 4.17. The molecule has 106 valence electrons. The first-order valence-electron chi connectivity index (χ1n) is 7.34. The summed E-state index contributed by atoms with van der Waals surface area (Å²) in [4.78, 5) is 2.40. The van der Waals surface area contributed by atoms with Crippen molar-refractivity contribution in [3.05, 3.63) is 34.9 Å². The minimum Gasteiger partial charge on any atom is -0.314 e. The van der Waals surface area contributed by atoms with E-state index in [4.69, 9.17) is 11.6 Å². The Balaban J connectivity index is 1.85. The van der Waals surface area contributed by atoms with Crippen molar-refractivity contribution < 1.29 is 0 Å². The summed E-state index contributed by atoms with van der Waals surface area (Å²) in [5.41, 5.74) is 1.22. The van der Waals surface area contributed by atoms with Crippen LogP contribution in [0.5, 0.6) is 0 Å². The highest BCUT2D eigenvalue weighted by Gasteiger charge is 2.18. The van der Waals surface area contributed by atoms with Crippen LogP contribution in [-0.4, -0.2) is 30.6 Å². The molecule has 0 aliphatic carbocycles. The van der Waals surface area contributed by atoms with Gasteiger partial charge in [0.15, 0.2) is 0 Å². The molecule has 0 saturated carbocycles. The van der Waals surface area contributed by atoms with Gasteiger partial charge in [-0.15, -0.1) is 0 Å². The van der Waals surface area contributed by atoms with Crippen molar-refractivity contribution in [2.45, 2.75) is 51.2 Å². The molecule has 1 aliphatic rings. The highest BCUT2D eigenvalue weighted by molar-refractivity contribution is 6.31. The second kappa shape index (κ2) is 7.28. The fourth-order valence-electron chi connectivity index (χ4n) is 2.77. The SMILES string of the molecule is CC(CC1CCCCN1)N(C)Cc1ccccc1Cl. The zero-order valence-electron chi connectivity index (χ0n) is 12.0. The summed E-state index contributed by atoms with van der Waals surface area (Å²) in [5, 5.41) is 4.50. The van der Waals surface area contributed by atoms with Crippen molar-refractivity contribution in [1.29, 1.82) is 0 Å². The van der Waals surface area contributed by atoms with Gasteiger partial charge >= 0.3 is 0 Å². The predicted octanol–water partition coefficient (Wildman–Crippen LogP) is 3.69. The normalized spacial score (nSPS) is 21.6. The monoisotopic (exact) mass is 280 g/mol. The van der Waals surface area contributed by atoms with Gasteiger partial charge in [-0.1, -0.05) is 36.2 Å². The second-order valence-corrected chi connectivity index (χ2v) is 6.15. The molecule has 0 aromatic heterocycles. The van der Waals surface area contributed by atoms with Gasteiger partial charge in [0.25, 0.3) is 0 Å². The Morgan fingerprint density at radius 1 is 1.37 bits per heavy atom. The van der Waals surface area contributed by atoms with Gasteiger partial charge in [-0.3, -0.25) is 4.90 Å². The number of halogens is 1. The van der Waals surface area contributed by atoms with Crippen LogP contribution in [-0.2, 0) is 6.54 Å². The van der Waals surface area contributed by atoms with Crippen molar-refractivity contribution in [3.8, 4) is 0 Å². The molecule has 1 fully saturated rings. The average molecular weight is 281 g/mol. The molecule has 1 heterocycles. The van der Waals surface area contributed by atoms with Gasteiger partial charge < -0.3 is 5.32 Å². The van der Waals surface area contributed by atoms with Gasteiger partial charge in [0.05, 0.1) is 0 Å². The van der Waals surface area contributed by atoms with E-state index in [1.165, 1.54) is 37.8 Å². The Kier molecular flexibility index (Phi) is 5.68. The van der Waals surface area contributed by atoms with E-state index < -0.39 is 0 Å². The number of rotatable bonds is 5. The minimum atomic E-state index is 0.576. The van der Waals surface area contributed by atoms with Crippen LogP contribution >= 0.6 is 11.6 Å². The van der Waals surface area contributed by atoms with E-state index in [0.29, 0.717) is 12.1 Å². The highest BCUT2D eigenvalue weighted by atomic mass is 35.5. The Bertz CT molecular complexity index is 388. The summed E-state index contributed by atoms with van der Waals surface area (Å²) >= 11 is 6.23. The van der Waals surface area contributed by atoms with Crippen LogP contribution in [0.25, 0.3) is 0 Å². The molecular weight excluding hydrogens is 256 g/mol. The van der Waals surface area contributed by atoms with Crippen LogP contribution in [0.15, 0.2) is 24.3 Å². The molecule has 2 nitrogen and oxygen atoms in total. The van der Waals surface area contributed by atoms with Crippen LogP contribution in [0.3, 0.4) is 0 Å². The number of hydrogen-bond donors (Lipinski definition) is 1. The molecule has 0 radical (unpaired) electrons. The first-order valence-corrected chi connectivity index (χ1v) is 7.71. The maximum Gasteiger partial charge on any atom is 0.0451 e. The Labute approximate surface area is 122 Å². The maximum atomic E-state index is 6.23. The summed E-state index contributed by atoms with van der Waals surface area (Å²) in [6, 6.07) is 9.40. The molecule has 0 amide bonds. The molecule has 2 rings (SSSR count). The zero-order valence-corrected chi connectivity index (χ0v) is 12.8. The van der Waals surface area contributed by atoms with Gasteiger partial charge in [-0.2, -0.15) is 0 Å². The molecule has 1 saturated heterocycles. The molecule has 1 aliphatic heterocycles. The molecule has 2 unspecified atom stereocenters. The number of hydrogen-bond acceptors (Lipinski definition) is 2. The highest BCUT2D eigenvalue weighted by Crippen LogP contribution is 2.19. The van der Waals surface area contributed by atoms with Crippen molar-refractivity contribution in [2.75, 3.05) is 13.6 Å². The lowest BCUT2D eigenvalue weighted by Gasteiger charge is -2.31. The minimum absolute atomic E-state index is 0.576. The van der Waals surface area contributed by atoms with Gasteiger partial charge in [0, 0.05) is 23.7 Å². The quantitative estimate of drug-likeness (QED) is 0.885.